The Bertz CT molecular complexity index is 1370. The van der Waals surface area contributed by atoms with Gasteiger partial charge in [0, 0.05) is 25.0 Å². The highest BCUT2D eigenvalue weighted by atomic mass is 35.5. The SMILES string of the molecule is COc1cc(/C(O)=C2\C(=O)C(=O)N(Cc3cccnc3)C2c2cccc(OCC(C)C)c2)c(OC)cc1Cl. The van der Waals surface area contributed by atoms with Crippen molar-refractivity contribution >= 4 is 29.1 Å². The highest BCUT2D eigenvalue weighted by Gasteiger charge is 2.46. The number of carbonyl (C=O) groups is 2. The maximum absolute atomic E-state index is 13.5. The van der Waals surface area contributed by atoms with Crippen LogP contribution in [0.4, 0.5) is 0 Å². The van der Waals surface area contributed by atoms with E-state index in [4.69, 9.17) is 25.8 Å². The zero-order valence-corrected chi connectivity index (χ0v) is 22.4. The van der Waals surface area contributed by atoms with Gasteiger partial charge >= 0.3 is 0 Å². The van der Waals surface area contributed by atoms with Crippen molar-refractivity contribution in [3.8, 4) is 17.2 Å². The molecule has 4 rings (SSSR count). The lowest BCUT2D eigenvalue weighted by atomic mass is 9.94. The Morgan fingerprint density at radius 2 is 1.84 bits per heavy atom. The number of Topliss-reactive ketones (excluding diaryl/α,β-unsaturated/α-hetero) is 1. The van der Waals surface area contributed by atoms with E-state index in [0.29, 0.717) is 23.8 Å². The molecule has 0 aliphatic carbocycles. The first-order valence-electron chi connectivity index (χ1n) is 12.1. The van der Waals surface area contributed by atoms with E-state index in [0.717, 1.165) is 5.56 Å². The number of hydrogen-bond donors (Lipinski definition) is 1. The molecule has 0 spiro atoms. The van der Waals surface area contributed by atoms with Gasteiger partial charge in [-0.05, 0) is 41.3 Å². The summed E-state index contributed by atoms with van der Waals surface area (Å²) in [6.45, 7) is 4.69. The second-order valence-electron chi connectivity index (χ2n) is 9.25. The lowest BCUT2D eigenvalue weighted by molar-refractivity contribution is -0.140. The third-order valence-corrected chi connectivity index (χ3v) is 6.40. The van der Waals surface area contributed by atoms with Crippen molar-refractivity contribution in [1.82, 2.24) is 9.88 Å². The van der Waals surface area contributed by atoms with Crippen molar-refractivity contribution in [2.75, 3.05) is 20.8 Å². The van der Waals surface area contributed by atoms with Crippen LogP contribution in [-0.2, 0) is 16.1 Å². The molecule has 38 heavy (non-hydrogen) atoms. The standard InChI is InChI=1S/C29H29ClN2O6/c1-17(2)16-38-20-9-5-8-19(11-20)26-25(27(33)21-12-24(37-4)22(30)13-23(21)36-3)28(34)29(35)32(26)15-18-7-6-10-31-14-18/h5-14,17,26,33H,15-16H2,1-4H3/b27-25+. The van der Waals surface area contributed by atoms with Crippen LogP contribution in [0.3, 0.4) is 0 Å². The number of pyridine rings is 1. The van der Waals surface area contributed by atoms with Crippen molar-refractivity contribution < 1.29 is 28.9 Å². The summed E-state index contributed by atoms with van der Waals surface area (Å²) in [4.78, 5) is 32.4. The lowest BCUT2D eigenvalue weighted by Gasteiger charge is -2.26. The molecule has 1 aliphatic heterocycles. The summed E-state index contributed by atoms with van der Waals surface area (Å²) < 4.78 is 16.7. The largest absolute Gasteiger partial charge is 0.507 e. The minimum Gasteiger partial charge on any atom is -0.507 e. The van der Waals surface area contributed by atoms with Gasteiger partial charge in [-0.25, -0.2) is 0 Å². The van der Waals surface area contributed by atoms with Crippen molar-refractivity contribution in [3.05, 3.63) is 88.2 Å². The van der Waals surface area contributed by atoms with Gasteiger partial charge in [0.25, 0.3) is 11.7 Å². The number of halogens is 1. The molecule has 1 amide bonds. The van der Waals surface area contributed by atoms with Crippen LogP contribution in [0.15, 0.2) is 66.5 Å². The minimum atomic E-state index is -0.899. The number of likely N-dealkylation sites (tertiary alicyclic amines) is 1. The quantitative estimate of drug-likeness (QED) is 0.222. The number of aliphatic hydroxyl groups excluding tert-OH is 1. The van der Waals surface area contributed by atoms with Crippen LogP contribution < -0.4 is 14.2 Å². The van der Waals surface area contributed by atoms with E-state index in [1.165, 1.54) is 31.3 Å². The molecule has 1 fully saturated rings. The smallest absolute Gasteiger partial charge is 0.295 e. The molecule has 0 bridgehead atoms. The van der Waals surface area contributed by atoms with Crippen LogP contribution >= 0.6 is 11.6 Å². The Balaban J connectivity index is 1.90. The van der Waals surface area contributed by atoms with Crippen LogP contribution in [0, 0.1) is 5.92 Å². The van der Waals surface area contributed by atoms with E-state index >= 15 is 0 Å². The molecule has 3 aromatic rings. The first-order chi connectivity index (χ1) is 18.2. The van der Waals surface area contributed by atoms with E-state index in [1.807, 2.05) is 26.0 Å². The van der Waals surface area contributed by atoms with E-state index in [9.17, 15) is 14.7 Å². The molecule has 198 valence electrons. The maximum Gasteiger partial charge on any atom is 0.295 e. The molecule has 8 nitrogen and oxygen atoms in total. The maximum atomic E-state index is 13.5. The molecule has 1 N–H and O–H groups in total. The third-order valence-electron chi connectivity index (χ3n) is 6.10. The van der Waals surface area contributed by atoms with E-state index in [2.05, 4.69) is 4.98 Å². The number of amides is 1. The zero-order chi connectivity index (χ0) is 27.4. The highest BCUT2D eigenvalue weighted by molar-refractivity contribution is 6.46. The molecule has 1 aliphatic rings. The van der Waals surface area contributed by atoms with E-state index < -0.39 is 23.5 Å². The number of aromatic nitrogens is 1. The van der Waals surface area contributed by atoms with Crippen LogP contribution in [0.2, 0.25) is 5.02 Å². The number of hydrogen-bond acceptors (Lipinski definition) is 7. The predicted octanol–water partition coefficient (Wildman–Crippen LogP) is 5.41. The first kappa shape index (κ1) is 27.0. The fourth-order valence-corrected chi connectivity index (χ4v) is 4.54. The summed E-state index contributed by atoms with van der Waals surface area (Å²) in [6, 6.07) is 12.8. The molecule has 2 aromatic carbocycles. The number of nitrogens with zero attached hydrogens (tertiary/aromatic N) is 2. The predicted molar refractivity (Wildman–Crippen MR) is 143 cm³/mol. The van der Waals surface area contributed by atoms with Crippen molar-refractivity contribution in [2.45, 2.75) is 26.4 Å². The topological polar surface area (TPSA) is 98.2 Å². The van der Waals surface area contributed by atoms with Gasteiger partial charge in [0.15, 0.2) is 0 Å². The monoisotopic (exact) mass is 536 g/mol. The van der Waals surface area contributed by atoms with Crippen molar-refractivity contribution in [3.63, 3.8) is 0 Å². The van der Waals surface area contributed by atoms with Gasteiger partial charge in [-0.2, -0.15) is 0 Å². The Morgan fingerprint density at radius 3 is 2.50 bits per heavy atom. The van der Waals surface area contributed by atoms with Crippen molar-refractivity contribution in [2.24, 2.45) is 5.92 Å². The summed E-state index contributed by atoms with van der Waals surface area (Å²) in [6.07, 6.45) is 3.26. The first-order valence-corrected chi connectivity index (χ1v) is 12.4. The van der Waals surface area contributed by atoms with Crippen LogP contribution in [0.1, 0.15) is 36.6 Å². The van der Waals surface area contributed by atoms with E-state index in [-0.39, 0.29) is 34.2 Å². The van der Waals surface area contributed by atoms with Gasteiger partial charge in [0.2, 0.25) is 0 Å². The average Bonchev–Trinajstić information content (AvgIpc) is 3.17. The Labute approximate surface area is 226 Å². The summed E-state index contributed by atoms with van der Waals surface area (Å²) in [7, 11) is 2.86. The van der Waals surface area contributed by atoms with Gasteiger partial charge < -0.3 is 24.2 Å². The molecule has 1 unspecified atom stereocenters. The fourth-order valence-electron chi connectivity index (χ4n) is 4.31. The molecule has 9 heteroatoms. The molecule has 1 aromatic heterocycles. The number of ether oxygens (including phenoxy) is 3. The van der Waals surface area contributed by atoms with Gasteiger partial charge in [-0.15, -0.1) is 0 Å². The second kappa shape index (κ2) is 11.6. The Kier molecular flexibility index (Phi) is 8.22. The number of benzene rings is 2. The lowest BCUT2D eigenvalue weighted by Crippen LogP contribution is -2.29. The summed E-state index contributed by atoms with van der Waals surface area (Å²) in [5.41, 5.74) is 1.43. The molecule has 1 atom stereocenters. The second-order valence-corrected chi connectivity index (χ2v) is 9.66. The summed E-state index contributed by atoms with van der Waals surface area (Å²) >= 11 is 6.25. The zero-order valence-electron chi connectivity index (χ0n) is 21.6. The fraction of sp³-hybridized carbons (Fsp3) is 0.276. The molecule has 0 saturated carbocycles. The van der Waals surface area contributed by atoms with Gasteiger partial charge in [0.05, 0.1) is 43.0 Å². The van der Waals surface area contributed by atoms with Gasteiger partial charge in [0.1, 0.15) is 23.0 Å². The highest BCUT2D eigenvalue weighted by Crippen LogP contribution is 2.44. The molecular weight excluding hydrogens is 508 g/mol. The minimum absolute atomic E-state index is 0.0809. The Morgan fingerprint density at radius 1 is 1.08 bits per heavy atom. The van der Waals surface area contributed by atoms with Crippen LogP contribution in [0.5, 0.6) is 17.2 Å². The van der Waals surface area contributed by atoms with Gasteiger partial charge in [-0.3, -0.25) is 14.6 Å². The summed E-state index contributed by atoms with van der Waals surface area (Å²) in [5.74, 6) is -0.563. The molecule has 0 radical (unpaired) electrons. The normalized spacial score (nSPS) is 16.7. The molecular formula is C29H29ClN2O6. The number of rotatable bonds is 9. The number of ketones is 1. The average molecular weight is 537 g/mol. The van der Waals surface area contributed by atoms with Crippen LogP contribution in [0.25, 0.3) is 5.76 Å². The molecule has 2 heterocycles. The van der Waals surface area contributed by atoms with Gasteiger partial charge in [-0.1, -0.05) is 43.6 Å². The number of methoxy groups -OCH3 is 2. The third kappa shape index (κ3) is 5.45. The number of aliphatic hydroxyl groups is 1. The number of carbonyl (C=O) groups excluding carboxylic acids is 2. The van der Waals surface area contributed by atoms with E-state index in [1.54, 1.807) is 36.7 Å². The summed E-state index contributed by atoms with van der Waals surface area (Å²) in [5, 5.41) is 11.8. The van der Waals surface area contributed by atoms with Crippen LogP contribution in [-0.4, -0.2) is 47.5 Å². The van der Waals surface area contributed by atoms with Crippen molar-refractivity contribution in [1.29, 1.82) is 0 Å². The molecule has 1 saturated heterocycles. The Hall–Kier alpha value is -4.04.